The third-order valence-electron chi connectivity index (χ3n) is 2.73. The van der Waals surface area contributed by atoms with Gasteiger partial charge in [-0.3, -0.25) is 4.79 Å². The maximum Gasteiger partial charge on any atom is 0.326 e. The fourth-order valence-corrected chi connectivity index (χ4v) is 2.37. The van der Waals surface area contributed by atoms with Gasteiger partial charge in [-0.15, -0.1) is 10.2 Å². The van der Waals surface area contributed by atoms with Crippen LogP contribution >= 0.6 is 11.3 Å². The fourth-order valence-electron chi connectivity index (χ4n) is 1.73. The molecule has 0 bridgehead atoms. The quantitative estimate of drug-likeness (QED) is 0.781. The lowest BCUT2D eigenvalue weighted by Gasteiger charge is -2.12. The van der Waals surface area contributed by atoms with Crippen LogP contribution in [-0.2, 0) is 16.1 Å². The summed E-state index contributed by atoms with van der Waals surface area (Å²) >= 11 is 1.51. The van der Waals surface area contributed by atoms with Crippen molar-refractivity contribution < 1.29 is 14.7 Å². The van der Waals surface area contributed by atoms with Crippen molar-refractivity contribution in [3.8, 4) is 11.4 Å². The molecule has 2 rings (SSSR count). The van der Waals surface area contributed by atoms with Crippen LogP contribution in [0.1, 0.15) is 19.8 Å². The number of nitrogens with one attached hydrogen (secondary N) is 1. The largest absolute Gasteiger partial charge is 0.480 e. The zero-order valence-corrected chi connectivity index (χ0v) is 12.2. The van der Waals surface area contributed by atoms with Crippen LogP contribution < -0.4 is 5.32 Å². The molecule has 0 aliphatic heterocycles. The lowest BCUT2D eigenvalue weighted by atomic mass is 10.2. The minimum Gasteiger partial charge on any atom is -0.480 e. The molecule has 0 saturated carbocycles. The molecule has 2 aromatic rings. The minimum atomic E-state index is -1.05. The van der Waals surface area contributed by atoms with E-state index in [9.17, 15) is 9.59 Å². The summed E-state index contributed by atoms with van der Waals surface area (Å²) in [4.78, 5) is 23.9. The Kier molecular flexibility index (Phi) is 4.99. The minimum absolute atomic E-state index is 0.162. The molecule has 2 N–H and O–H groups in total. The first-order valence-corrected chi connectivity index (χ1v) is 7.37. The molecule has 8 nitrogen and oxygen atoms in total. The molecular formula is C12H15N5O3S. The molecule has 112 valence electrons. The van der Waals surface area contributed by atoms with Crippen molar-refractivity contribution >= 4 is 23.2 Å². The molecule has 0 aromatic carbocycles. The van der Waals surface area contributed by atoms with Gasteiger partial charge < -0.3 is 10.4 Å². The Morgan fingerprint density at radius 1 is 1.52 bits per heavy atom. The van der Waals surface area contributed by atoms with Crippen LogP contribution in [0.25, 0.3) is 11.4 Å². The third-order valence-corrected chi connectivity index (χ3v) is 3.41. The molecule has 0 radical (unpaired) electrons. The first-order chi connectivity index (χ1) is 10.1. The molecule has 0 spiro atoms. The fraction of sp³-hybridized carbons (Fsp3) is 0.417. The van der Waals surface area contributed by atoms with E-state index < -0.39 is 17.9 Å². The zero-order chi connectivity index (χ0) is 15.2. The van der Waals surface area contributed by atoms with Gasteiger partial charge in [-0.25, -0.2) is 4.79 Å². The van der Waals surface area contributed by atoms with Crippen molar-refractivity contribution in [3.63, 3.8) is 0 Å². The number of thiophene rings is 1. The van der Waals surface area contributed by atoms with Crippen LogP contribution in [0.15, 0.2) is 16.8 Å². The second-order valence-electron chi connectivity index (χ2n) is 4.40. The predicted molar refractivity (Wildman–Crippen MR) is 75.6 cm³/mol. The summed E-state index contributed by atoms with van der Waals surface area (Å²) in [7, 11) is 0. The van der Waals surface area contributed by atoms with Gasteiger partial charge in [-0.2, -0.15) is 16.1 Å². The van der Waals surface area contributed by atoms with Gasteiger partial charge in [0.25, 0.3) is 0 Å². The molecule has 0 aliphatic rings. The number of carboxylic acid groups (broad SMARTS) is 1. The number of rotatable bonds is 7. The van der Waals surface area contributed by atoms with E-state index in [0.29, 0.717) is 18.7 Å². The highest BCUT2D eigenvalue weighted by Gasteiger charge is 2.19. The molecule has 0 saturated heterocycles. The second kappa shape index (κ2) is 6.93. The molecule has 1 amide bonds. The van der Waals surface area contributed by atoms with Crippen LogP contribution in [0, 0.1) is 0 Å². The number of hydrogen-bond acceptors (Lipinski definition) is 6. The molecule has 9 heteroatoms. The van der Waals surface area contributed by atoms with E-state index in [4.69, 9.17) is 5.11 Å². The molecule has 2 aromatic heterocycles. The summed E-state index contributed by atoms with van der Waals surface area (Å²) < 4.78 is 0. The smallest absolute Gasteiger partial charge is 0.326 e. The first kappa shape index (κ1) is 15.1. The van der Waals surface area contributed by atoms with Crippen LogP contribution in [0.3, 0.4) is 0 Å². The summed E-state index contributed by atoms with van der Waals surface area (Å²) in [6.07, 6.45) is 1.05. The van der Waals surface area contributed by atoms with E-state index in [0.717, 1.165) is 10.4 Å². The van der Waals surface area contributed by atoms with Crippen molar-refractivity contribution in [2.45, 2.75) is 32.4 Å². The van der Waals surface area contributed by atoms with Crippen LogP contribution in [0.5, 0.6) is 0 Å². The van der Waals surface area contributed by atoms with Gasteiger partial charge in [0.15, 0.2) is 0 Å². The summed E-state index contributed by atoms with van der Waals surface area (Å²) in [5, 5.41) is 26.9. The number of nitrogens with zero attached hydrogens (tertiary/aromatic N) is 4. The molecule has 21 heavy (non-hydrogen) atoms. The summed E-state index contributed by atoms with van der Waals surface area (Å²) in [6, 6.07) is 0.968. The lowest BCUT2D eigenvalue weighted by molar-refractivity contribution is -0.142. The Balaban J connectivity index is 1.95. The molecule has 0 aliphatic carbocycles. The van der Waals surface area contributed by atoms with E-state index in [1.807, 2.05) is 23.8 Å². The number of tetrazole rings is 1. The predicted octanol–water partition coefficient (Wildman–Crippen LogP) is 0.771. The molecular weight excluding hydrogens is 294 g/mol. The Morgan fingerprint density at radius 2 is 2.33 bits per heavy atom. The monoisotopic (exact) mass is 309 g/mol. The molecule has 2 heterocycles. The Bertz CT molecular complexity index is 610. The highest BCUT2D eigenvalue weighted by molar-refractivity contribution is 7.08. The highest BCUT2D eigenvalue weighted by Crippen LogP contribution is 2.16. The lowest BCUT2D eigenvalue weighted by Crippen LogP contribution is -2.42. The van der Waals surface area contributed by atoms with Gasteiger partial charge in [-0.05, 0) is 23.1 Å². The highest BCUT2D eigenvalue weighted by atomic mass is 32.1. The summed E-state index contributed by atoms with van der Waals surface area (Å²) in [6.45, 7) is 1.69. The Labute approximate surface area is 124 Å². The maximum absolute atomic E-state index is 11.8. The van der Waals surface area contributed by atoms with Crippen molar-refractivity contribution in [2.75, 3.05) is 0 Å². The standard InChI is InChI=1S/C12H15N5O3S/c1-2-3-9(12(19)20)13-10(18)6-17-15-11(14-16-17)8-4-5-21-7-8/h4-5,7,9H,2-3,6H2,1H3,(H,13,18)(H,19,20)/t9-/m1/s1. The summed E-state index contributed by atoms with van der Waals surface area (Å²) in [5.41, 5.74) is 0.834. The zero-order valence-electron chi connectivity index (χ0n) is 11.4. The van der Waals surface area contributed by atoms with Crippen LogP contribution in [-0.4, -0.2) is 43.2 Å². The molecule has 0 unspecified atom stereocenters. The van der Waals surface area contributed by atoms with Crippen molar-refractivity contribution in [1.29, 1.82) is 0 Å². The second-order valence-corrected chi connectivity index (χ2v) is 5.18. The SMILES string of the molecule is CCC[C@@H](NC(=O)Cn1nnc(-c2ccsc2)n1)C(=O)O. The number of carbonyl (C=O) groups excluding carboxylic acids is 1. The molecule has 0 fully saturated rings. The van der Waals surface area contributed by atoms with Crippen LogP contribution in [0.2, 0.25) is 0 Å². The van der Waals surface area contributed by atoms with E-state index in [2.05, 4.69) is 20.7 Å². The number of aromatic nitrogens is 4. The van der Waals surface area contributed by atoms with Gasteiger partial charge in [-0.1, -0.05) is 13.3 Å². The Morgan fingerprint density at radius 3 is 2.95 bits per heavy atom. The van der Waals surface area contributed by atoms with Gasteiger partial charge in [0.05, 0.1) is 0 Å². The van der Waals surface area contributed by atoms with Gasteiger partial charge in [0.2, 0.25) is 11.7 Å². The Hall–Kier alpha value is -2.29. The third kappa shape index (κ3) is 4.09. The van der Waals surface area contributed by atoms with E-state index in [1.54, 1.807) is 0 Å². The average molecular weight is 309 g/mol. The van der Waals surface area contributed by atoms with Gasteiger partial charge >= 0.3 is 5.97 Å². The van der Waals surface area contributed by atoms with E-state index in [1.165, 1.54) is 11.3 Å². The normalized spacial score (nSPS) is 12.0. The van der Waals surface area contributed by atoms with Crippen molar-refractivity contribution in [1.82, 2.24) is 25.5 Å². The molecule has 1 atom stereocenters. The van der Waals surface area contributed by atoms with Crippen molar-refractivity contribution in [3.05, 3.63) is 16.8 Å². The average Bonchev–Trinajstić information content (AvgIpc) is 3.08. The van der Waals surface area contributed by atoms with Crippen molar-refractivity contribution in [2.24, 2.45) is 0 Å². The number of carbonyl (C=O) groups is 2. The van der Waals surface area contributed by atoms with E-state index >= 15 is 0 Å². The number of aliphatic carboxylic acids is 1. The summed E-state index contributed by atoms with van der Waals surface area (Å²) in [5.74, 6) is -1.06. The number of carboxylic acids is 1. The first-order valence-electron chi connectivity index (χ1n) is 6.42. The topological polar surface area (TPSA) is 110 Å². The maximum atomic E-state index is 11.8. The van der Waals surface area contributed by atoms with Gasteiger partial charge in [0.1, 0.15) is 12.6 Å². The number of amides is 1. The van der Waals surface area contributed by atoms with Gasteiger partial charge in [0, 0.05) is 10.9 Å². The van der Waals surface area contributed by atoms with E-state index in [-0.39, 0.29) is 6.54 Å². The number of hydrogen-bond donors (Lipinski definition) is 2. The van der Waals surface area contributed by atoms with Crippen LogP contribution in [0.4, 0.5) is 0 Å².